The quantitative estimate of drug-likeness (QED) is 0.369. The molecule has 3 aromatic rings. The first-order chi connectivity index (χ1) is 14.2. The molecule has 0 spiro atoms. The maximum Gasteiger partial charge on any atom is 0.119 e. The molecular weight excluding hydrogens is 378 g/mol. The molecule has 0 N–H and O–H groups in total. The largest absolute Gasteiger partial charge is 0.492 e. The summed E-state index contributed by atoms with van der Waals surface area (Å²) < 4.78 is 5.94. The molecule has 0 aliphatic rings. The van der Waals surface area contributed by atoms with Crippen LogP contribution < -0.4 is 4.74 Å². The zero-order chi connectivity index (χ0) is 20.5. The van der Waals surface area contributed by atoms with E-state index in [1.807, 2.05) is 30.3 Å². The van der Waals surface area contributed by atoms with Gasteiger partial charge in [-0.05, 0) is 65.7 Å². The van der Waals surface area contributed by atoms with E-state index < -0.39 is 0 Å². The minimum atomic E-state index is 0.702. The van der Waals surface area contributed by atoms with Gasteiger partial charge in [0.1, 0.15) is 12.4 Å². The normalized spacial score (nSPS) is 11.7. The SMILES string of the molecule is CCN(CC)CCOc1ccc(C(=Cc2ccc(Cl)cc2)c2ccccc2)cc1. The standard InChI is InChI=1S/C26H28ClNO/c1-3-28(4-2)18-19-29-25-16-12-23(13-17-25)26(22-8-6-5-7-9-22)20-21-10-14-24(27)15-11-21/h5-17,20H,3-4,18-19H2,1-2H3. The highest BCUT2D eigenvalue weighted by atomic mass is 35.5. The number of hydrogen-bond acceptors (Lipinski definition) is 2. The number of nitrogens with zero attached hydrogens (tertiary/aromatic N) is 1. The van der Waals surface area contributed by atoms with Crippen LogP contribution in [0.25, 0.3) is 11.6 Å². The minimum absolute atomic E-state index is 0.702. The van der Waals surface area contributed by atoms with E-state index in [1.165, 1.54) is 11.1 Å². The van der Waals surface area contributed by atoms with Crippen molar-refractivity contribution in [2.75, 3.05) is 26.2 Å². The van der Waals surface area contributed by atoms with Gasteiger partial charge < -0.3 is 9.64 Å². The monoisotopic (exact) mass is 405 g/mol. The summed E-state index contributed by atoms with van der Waals surface area (Å²) >= 11 is 6.04. The second kappa shape index (κ2) is 10.8. The van der Waals surface area contributed by atoms with E-state index in [1.54, 1.807) is 0 Å². The van der Waals surface area contributed by atoms with Crippen LogP contribution in [-0.4, -0.2) is 31.1 Å². The molecule has 0 bridgehead atoms. The van der Waals surface area contributed by atoms with E-state index in [4.69, 9.17) is 16.3 Å². The van der Waals surface area contributed by atoms with Gasteiger partial charge in [0.25, 0.3) is 0 Å². The number of halogens is 1. The lowest BCUT2D eigenvalue weighted by Crippen LogP contribution is -2.27. The van der Waals surface area contributed by atoms with E-state index >= 15 is 0 Å². The third kappa shape index (κ3) is 6.22. The maximum atomic E-state index is 6.04. The van der Waals surface area contributed by atoms with Crippen LogP contribution in [0, 0.1) is 0 Å². The molecule has 0 aliphatic carbocycles. The van der Waals surface area contributed by atoms with Crippen molar-refractivity contribution in [3.63, 3.8) is 0 Å². The molecule has 0 fully saturated rings. The zero-order valence-corrected chi connectivity index (χ0v) is 17.9. The van der Waals surface area contributed by atoms with Crippen molar-refractivity contribution < 1.29 is 4.74 Å². The molecule has 0 saturated carbocycles. The van der Waals surface area contributed by atoms with E-state index in [2.05, 4.69) is 73.4 Å². The van der Waals surface area contributed by atoms with E-state index in [-0.39, 0.29) is 0 Å². The predicted molar refractivity (Wildman–Crippen MR) is 125 cm³/mol. The van der Waals surface area contributed by atoms with Crippen LogP contribution in [-0.2, 0) is 0 Å². The van der Waals surface area contributed by atoms with Gasteiger partial charge in [0.2, 0.25) is 0 Å². The van der Waals surface area contributed by atoms with Gasteiger partial charge >= 0.3 is 0 Å². The molecule has 0 radical (unpaired) electrons. The Bertz CT molecular complexity index is 898. The molecule has 2 nitrogen and oxygen atoms in total. The van der Waals surface area contributed by atoms with Gasteiger partial charge in [-0.1, -0.05) is 80.0 Å². The molecule has 0 unspecified atom stereocenters. The summed E-state index contributed by atoms with van der Waals surface area (Å²) in [6.07, 6.45) is 2.20. The van der Waals surface area contributed by atoms with Crippen LogP contribution in [0.15, 0.2) is 78.9 Å². The predicted octanol–water partition coefficient (Wildman–Crippen LogP) is 6.65. The highest BCUT2D eigenvalue weighted by molar-refractivity contribution is 6.30. The molecule has 0 aromatic heterocycles. The van der Waals surface area contributed by atoms with Crippen LogP contribution in [0.1, 0.15) is 30.5 Å². The number of rotatable bonds is 9. The van der Waals surface area contributed by atoms with E-state index in [0.717, 1.165) is 41.5 Å². The summed E-state index contributed by atoms with van der Waals surface area (Å²) in [5, 5.41) is 0.745. The van der Waals surface area contributed by atoms with Gasteiger partial charge in [0.05, 0.1) is 0 Å². The van der Waals surface area contributed by atoms with Gasteiger partial charge in [-0.25, -0.2) is 0 Å². The van der Waals surface area contributed by atoms with E-state index in [9.17, 15) is 0 Å². The van der Waals surface area contributed by atoms with Crippen molar-refractivity contribution in [3.05, 3.63) is 101 Å². The van der Waals surface area contributed by atoms with Crippen LogP contribution >= 0.6 is 11.6 Å². The smallest absolute Gasteiger partial charge is 0.119 e. The Morgan fingerprint density at radius 1 is 0.828 bits per heavy atom. The lowest BCUT2D eigenvalue weighted by atomic mass is 9.95. The van der Waals surface area contributed by atoms with Crippen LogP contribution in [0.4, 0.5) is 0 Å². The average molecular weight is 406 g/mol. The second-order valence-corrected chi connectivity index (χ2v) is 7.31. The van der Waals surface area contributed by atoms with Crippen LogP contribution in [0.2, 0.25) is 5.02 Å². The summed E-state index contributed by atoms with van der Waals surface area (Å²) in [6.45, 7) is 8.10. The number of likely N-dealkylation sites (N-methyl/N-ethyl adjacent to an activating group) is 1. The Balaban J connectivity index is 1.80. The molecule has 3 heteroatoms. The van der Waals surface area contributed by atoms with Crippen molar-refractivity contribution >= 4 is 23.3 Å². The third-order valence-corrected chi connectivity index (χ3v) is 5.25. The minimum Gasteiger partial charge on any atom is -0.492 e. The zero-order valence-electron chi connectivity index (χ0n) is 17.1. The highest BCUT2D eigenvalue weighted by Gasteiger charge is 2.07. The molecule has 0 atom stereocenters. The van der Waals surface area contributed by atoms with Gasteiger partial charge in [-0.15, -0.1) is 0 Å². The van der Waals surface area contributed by atoms with Gasteiger partial charge in [0, 0.05) is 11.6 Å². The Morgan fingerprint density at radius 3 is 2.07 bits per heavy atom. The molecule has 0 heterocycles. The van der Waals surface area contributed by atoms with Crippen LogP contribution in [0.3, 0.4) is 0 Å². The summed E-state index contributed by atoms with van der Waals surface area (Å²) in [7, 11) is 0. The topological polar surface area (TPSA) is 12.5 Å². The van der Waals surface area contributed by atoms with Gasteiger partial charge in [0.15, 0.2) is 0 Å². The van der Waals surface area contributed by atoms with Crippen LogP contribution in [0.5, 0.6) is 5.75 Å². The fourth-order valence-corrected chi connectivity index (χ4v) is 3.37. The third-order valence-electron chi connectivity index (χ3n) is 5.00. The number of benzene rings is 3. The van der Waals surface area contributed by atoms with Gasteiger partial charge in [-0.3, -0.25) is 0 Å². The summed E-state index contributed by atoms with van der Waals surface area (Å²) in [6, 6.07) is 26.7. The first-order valence-electron chi connectivity index (χ1n) is 10.2. The molecular formula is C26H28ClNO. The van der Waals surface area contributed by atoms with Crippen molar-refractivity contribution in [1.29, 1.82) is 0 Å². The lowest BCUT2D eigenvalue weighted by molar-refractivity contribution is 0.223. The summed E-state index contributed by atoms with van der Waals surface area (Å²) in [5.74, 6) is 0.903. The molecule has 3 rings (SSSR count). The fraction of sp³-hybridized carbons (Fsp3) is 0.231. The Hall–Kier alpha value is -2.55. The van der Waals surface area contributed by atoms with Gasteiger partial charge in [-0.2, -0.15) is 0 Å². The fourth-order valence-electron chi connectivity index (χ4n) is 3.24. The molecule has 29 heavy (non-hydrogen) atoms. The molecule has 3 aromatic carbocycles. The summed E-state index contributed by atoms with van der Waals surface area (Å²) in [4.78, 5) is 2.36. The van der Waals surface area contributed by atoms with Crippen molar-refractivity contribution in [3.8, 4) is 5.75 Å². The molecule has 0 aliphatic heterocycles. The summed E-state index contributed by atoms with van der Waals surface area (Å²) in [5.41, 5.74) is 4.62. The molecule has 0 amide bonds. The first kappa shape index (κ1) is 21.2. The molecule has 0 saturated heterocycles. The Kier molecular flexibility index (Phi) is 7.92. The Labute approximate surface area is 179 Å². The number of hydrogen-bond donors (Lipinski definition) is 0. The first-order valence-corrected chi connectivity index (χ1v) is 10.6. The lowest BCUT2D eigenvalue weighted by Gasteiger charge is -2.18. The van der Waals surface area contributed by atoms with Crippen molar-refractivity contribution in [1.82, 2.24) is 4.90 Å². The average Bonchev–Trinajstić information content (AvgIpc) is 2.77. The van der Waals surface area contributed by atoms with E-state index in [0.29, 0.717) is 6.61 Å². The Morgan fingerprint density at radius 2 is 1.45 bits per heavy atom. The van der Waals surface area contributed by atoms with Crippen molar-refractivity contribution in [2.24, 2.45) is 0 Å². The highest BCUT2D eigenvalue weighted by Crippen LogP contribution is 2.28. The molecule has 150 valence electrons. The van der Waals surface area contributed by atoms with Crippen molar-refractivity contribution in [2.45, 2.75) is 13.8 Å². The second-order valence-electron chi connectivity index (χ2n) is 6.88. The maximum absolute atomic E-state index is 6.04. The number of ether oxygens (including phenoxy) is 1.